The van der Waals surface area contributed by atoms with Crippen molar-refractivity contribution in [2.45, 2.75) is 33.9 Å². The van der Waals surface area contributed by atoms with Crippen molar-refractivity contribution in [3.63, 3.8) is 0 Å². The molecule has 0 bridgehead atoms. The van der Waals surface area contributed by atoms with Gasteiger partial charge in [-0.25, -0.2) is 4.79 Å². The normalized spacial score (nSPS) is 10.6. The molecule has 0 saturated carbocycles. The first-order chi connectivity index (χ1) is 14.0. The third-order valence-electron chi connectivity index (χ3n) is 5.27. The summed E-state index contributed by atoms with van der Waals surface area (Å²) in [6.45, 7) is 11.8. The average molecular weight is 388 g/mol. The molecule has 0 aliphatic rings. The van der Waals surface area contributed by atoms with E-state index in [9.17, 15) is 4.79 Å². The standard InChI is InChI=1S/C25H29N3O/c1-5-14-28(25(29)26-23-13-12-19(2)21(4)16-23)18-24-11-8-15-27(24)17-22-10-7-6-9-20(22)3/h5-13,15-16H,1,14,17-18H2,2-4H3,(H,26,29). The molecule has 150 valence electrons. The van der Waals surface area contributed by atoms with Crippen LogP contribution in [0.4, 0.5) is 10.5 Å². The second kappa shape index (κ2) is 9.28. The number of aromatic nitrogens is 1. The summed E-state index contributed by atoms with van der Waals surface area (Å²) in [5, 5.41) is 3.02. The van der Waals surface area contributed by atoms with E-state index < -0.39 is 0 Å². The van der Waals surface area contributed by atoms with E-state index >= 15 is 0 Å². The topological polar surface area (TPSA) is 37.3 Å². The molecule has 0 atom stereocenters. The van der Waals surface area contributed by atoms with Crippen LogP contribution in [0.15, 0.2) is 73.4 Å². The Kier molecular flexibility index (Phi) is 6.55. The number of nitrogens with zero attached hydrogens (tertiary/aromatic N) is 2. The molecule has 2 aromatic carbocycles. The zero-order valence-corrected chi connectivity index (χ0v) is 17.5. The molecule has 1 N–H and O–H groups in total. The molecule has 2 amide bonds. The molecule has 29 heavy (non-hydrogen) atoms. The summed E-state index contributed by atoms with van der Waals surface area (Å²) >= 11 is 0. The van der Waals surface area contributed by atoms with Gasteiger partial charge in [0.25, 0.3) is 0 Å². The van der Waals surface area contributed by atoms with Crippen LogP contribution in [0.3, 0.4) is 0 Å². The zero-order valence-electron chi connectivity index (χ0n) is 17.5. The van der Waals surface area contributed by atoms with Gasteiger partial charge in [0.15, 0.2) is 0 Å². The monoisotopic (exact) mass is 387 g/mol. The van der Waals surface area contributed by atoms with Gasteiger partial charge in [-0.05, 0) is 67.3 Å². The number of anilines is 1. The number of urea groups is 1. The van der Waals surface area contributed by atoms with Crippen molar-refractivity contribution in [2.24, 2.45) is 0 Å². The Labute approximate surface area is 173 Å². The number of hydrogen-bond donors (Lipinski definition) is 1. The van der Waals surface area contributed by atoms with E-state index in [1.165, 1.54) is 16.7 Å². The predicted molar refractivity (Wildman–Crippen MR) is 120 cm³/mol. The molecule has 1 heterocycles. The second-order valence-electron chi connectivity index (χ2n) is 7.45. The van der Waals surface area contributed by atoms with Gasteiger partial charge in [0.05, 0.1) is 6.54 Å². The summed E-state index contributed by atoms with van der Waals surface area (Å²) in [4.78, 5) is 14.7. The lowest BCUT2D eigenvalue weighted by molar-refractivity contribution is 0.214. The van der Waals surface area contributed by atoms with E-state index in [-0.39, 0.29) is 6.03 Å². The highest BCUT2D eigenvalue weighted by Crippen LogP contribution is 2.17. The van der Waals surface area contributed by atoms with Crippen molar-refractivity contribution in [3.05, 3.63) is 101 Å². The Balaban J connectivity index is 1.74. The fourth-order valence-corrected chi connectivity index (χ4v) is 3.31. The van der Waals surface area contributed by atoms with Crippen LogP contribution < -0.4 is 5.32 Å². The highest BCUT2D eigenvalue weighted by molar-refractivity contribution is 5.89. The summed E-state index contributed by atoms with van der Waals surface area (Å²) in [6.07, 6.45) is 3.82. The molecule has 1 aromatic heterocycles. The second-order valence-corrected chi connectivity index (χ2v) is 7.45. The highest BCUT2D eigenvalue weighted by Gasteiger charge is 2.15. The molecule has 3 aromatic rings. The van der Waals surface area contributed by atoms with Gasteiger partial charge in [-0.2, -0.15) is 0 Å². The first-order valence-corrected chi connectivity index (χ1v) is 9.90. The Hall–Kier alpha value is -3.27. The van der Waals surface area contributed by atoms with Crippen molar-refractivity contribution in [1.82, 2.24) is 9.47 Å². The van der Waals surface area contributed by atoms with Crippen molar-refractivity contribution in [3.8, 4) is 0 Å². The molecule has 0 unspecified atom stereocenters. The third-order valence-corrected chi connectivity index (χ3v) is 5.27. The minimum Gasteiger partial charge on any atom is -0.345 e. The summed E-state index contributed by atoms with van der Waals surface area (Å²) in [5.41, 5.74) is 6.81. The fraction of sp³-hybridized carbons (Fsp3) is 0.240. The molecule has 3 rings (SSSR count). The number of hydrogen-bond acceptors (Lipinski definition) is 1. The van der Waals surface area contributed by atoms with Gasteiger partial charge in [0.2, 0.25) is 0 Å². The maximum Gasteiger partial charge on any atom is 0.322 e. The Bertz CT molecular complexity index is 1000. The molecule has 0 saturated heterocycles. The van der Waals surface area contributed by atoms with Crippen molar-refractivity contribution in [2.75, 3.05) is 11.9 Å². The molecule has 0 aliphatic heterocycles. The molecular weight excluding hydrogens is 358 g/mol. The number of carbonyl (C=O) groups is 1. The fourth-order valence-electron chi connectivity index (χ4n) is 3.31. The molecule has 0 spiro atoms. The van der Waals surface area contributed by atoms with E-state index in [2.05, 4.69) is 66.8 Å². The lowest BCUT2D eigenvalue weighted by Crippen LogP contribution is -2.35. The summed E-state index contributed by atoms with van der Waals surface area (Å²) in [6, 6.07) is 18.3. The zero-order chi connectivity index (χ0) is 20.8. The van der Waals surface area contributed by atoms with Crippen molar-refractivity contribution < 1.29 is 4.79 Å². The maximum atomic E-state index is 12.9. The molecule has 0 radical (unpaired) electrons. The average Bonchev–Trinajstić information content (AvgIpc) is 3.13. The first-order valence-electron chi connectivity index (χ1n) is 9.90. The highest BCUT2D eigenvalue weighted by atomic mass is 16.2. The van der Waals surface area contributed by atoms with Gasteiger partial charge in [-0.1, -0.05) is 36.4 Å². The van der Waals surface area contributed by atoms with Crippen LogP contribution in [0.2, 0.25) is 0 Å². The maximum absolute atomic E-state index is 12.9. The summed E-state index contributed by atoms with van der Waals surface area (Å²) in [7, 11) is 0. The molecule has 4 nitrogen and oxygen atoms in total. The number of amides is 2. The number of benzene rings is 2. The Morgan fingerprint density at radius 1 is 1.03 bits per heavy atom. The quantitative estimate of drug-likeness (QED) is 0.520. The Morgan fingerprint density at radius 3 is 2.55 bits per heavy atom. The van der Waals surface area contributed by atoms with Gasteiger partial charge in [-0.3, -0.25) is 0 Å². The minimum absolute atomic E-state index is 0.128. The van der Waals surface area contributed by atoms with Crippen LogP contribution >= 0.6 is 0 Å². The van der Waals surface area contributed by atoms with Crippen LogP contribution in [0.5, 0.6) is 0 Å². The van der Waals surface area contributed by atoms with E-state index in [1.54, 1.807) is 11.0 Å². The lowest BCUT2D eigenvalue weighted by Gasteiger charge is -2.23. The number of nitrogens with one attached hydrogen (secondary N) is 1. The van der Waals surface area contributed by atoms with E-state index in [0.717, 1.165) is 23.5 Å². The van der Waals surface area contributed by atoms with Gasteiger partial charge in [0.1, 0.15) is 0 Å². The van der Waals surface area contributed by atoms with Gasteiger partial charge in [-0.15, -0.1) is 6.58 Å². The SMILES string of the molecule is C=CCN(Cc1cccn1Cc1ccccc1C)C(=O)Nc1ccc(C)c(C)c1. The van der Waals surface area contributed by atoms with Crippen LogP contribution in [-0.4, -0.2) is 22.0 Å². The predicted octanol–water partition coefficient (Wildman–Crippen LogP) is 5.68. The van der Waals surface area contributed by atoms with Crippen LogP contribution in [0, 0.1) is 20.8 Å². The van der Waals surface area contributed by atoms with Gasteiger partial charge < -0.3 is 14.8 Å². The molecule has 0 fully saturated rings. The van der Waals surface area contributed by atoms with E-state index in [0.29, 0.717) is 13.1 Å². The number of rotatable bonds is 7. The van der Waals surface area contributed by atoms with Gasteiger partial charge in [0, 0.05) is 30.7 Å². The van der Waals surface area contributed by atoms with E-state index in [4.69, 9.17) is 0 Å². The molecule has 4 heteroatoms. The first kappa shape index (κ1) is 20.5. The lowest BCUT2D eigenvalue weighted by atomic mass is 10.1. The van der Waals surface area contributed by atoms with Gasteiger partial charge >= 0.3 is 6.03 Å². The minimum atomic E-state index is -0.128. The number of carbonyl (C=O) groups excluding carboxylic acids is 1. The smallest absolute Gasteiger partial charge is 0.322 e. The molecule has 0 aliphatic carbocycles. The summed E-state index contributed by atoms with van der Waals surface area (Å²) in [5.74, 6) is 0. The van der Waals surface area contributed by atoms with E-state index in [1.807, 2.05) is 31.2 Å². The Morgan fingerprint density at radius 2 is 1.83 bits per heavy atom. The van der Waals surface area contributed by atoms with Crippen LogP contribution in [0.1, 0.15) is 27.9 Å². The summed E-state index contributed by atoms with van der Waals surface area (Å²) < 4.78 is 2.20. The van der Waals surface area contributed by atoms with Crippen molar-refractivity contribution >= 4 is 11.7 Å². The van der Waals surface area contributed by atoms with Crippen LogP contribution in [-0.2, 0) is 13.1 Å². The molecular formula is C25H29N3O. The van der Waals surface area contributed by atoms with Crippen LogP contribution in [0.25, 0.3) is 0 Å². The van der Waals surface area contributed by atoms with Crippen molar-refractivity contribution in [1.29, 1.82) is 0 Å². The number of aryl methyl sites for hydroxylation is 3. The largest absolute Gasteiger partial charge is 0.345 e. The third kappa shape index (κ3) is 5.17.